The molecular formula is C17H24F3N3O. The van der Waals surface area contributed by atoms with Gasteiger partial charge in [-0.3, -0.25) is 9.48 Å². The van der Waals surface area contributed by atoms with Gasteiger partial charge >= 0.3 is 6.18 Å². The fourth-order valence-corrected chi connectivity index (χ4v) is 4.42. The molecule has 1 amide bonds. The average Bonchev–Trinajstić information content (AvgIpc) is 3.19. The number of carbonyl (C=O) groups is 1. The summed E-state index contributed by atoms with van der Waals surface area (Å²) < 4.78 is 39.2. The molecule has 4 unspecified atom stereocenters. The lowest BCUT2D eigenvalue weighted by molar-refractivity contribution is -0.141. The predicted molar refractivity (Wildman–Crippen MR) is 83.1 cm³/mol. The van der Waals surface area contributed by atoms with Gasteiger partial charge in [0.25, 0.3) is 0 Å². The van der Waals surface area contributed by atoms with Crippen molar-refractivity contribution in [2.75, 3.05) is 0 Å². The lowest BCUT2D eigenvalue weighted by Crippen LogP contribution is -2.40. The van der Waals surface area contributed by atoms with Crippen LogP contribution in [0.1, 0.15) is 50.4 Å². The maximum absolute atomic E-state index is 12.6. The van der Waals surface area contributed by atoms with E-state index in [1.54, 1.807) is 6.92 Å². The van der Waals surface area contributed by atoms with Crippen LogP contribution in [0.3, 0.4) is 0 Å². The van der Waals surface area contributed by atoms with Crippen LogP contribution in [0, 0.1) is 24.7 Å². The van der Waals surface area contributed by atoms with Gasteiger partial charge in [-0.25, -0.2) is 0 Å². The van der Waals surface area contributed by atoms with Crippen molar-refractivity contribution in [3.8, 4) is 0 Å². The third-order valence-corrected chi connectivity index (χ3v) is 5.65. The number of alkyl halides is 3. The van der Waals surface area contributed by atoms with Crippen molar-refractivity contribution < 1.29 is 18.0 Å². The molecule has 134 valence electrons. The highest BCUT2D eigenvalue weighted by Gasteiger charge is 2.42. The Labute approximate surface area is 139 Å². The lowest BCUT2D eigenvalue weighted by Gasteiger charge is -2.28. The third-order valence-electron chi connectivity index (χ3n) is 5.65. The molecule has 0 aliphatic heterocycles. The first-order valence-electron chi connectivity index (χ1n) is 8.65. The van der Waals surface area contributed by atoms with E-state index in [1.807, 2.05) is 6.92 Å². The molecule has 1 heterocycles. The van der Waals surface area contributed by atoms with E-state index < -0.39 is 11.9 Å². The molecule has 0 spiro atoms. The number of hydrogen-bond acceptors (Lipinski definition) is 2. The van der Waals surface area contributed by atoms with Crippen molar-refractivity contribution in [3.05, 3.63) is 17.5 Å². The van der Waals surface area contributed by atoms with Gasteiger partial charge in [-0.2, -0.15) is 18.3 Å². The van der Waals surface area contributed by atoms with Gasteiger partial charge < -0.3 is 5.32 Å². The molecule has 3 rings (SSSR count). The zero-order chi connectivity index (χ0) is 17.5. The average molecular weight is 343 g/mol. The number of aryl methyl sites for hydroxylation is 2. The fraction of sp³-hybridized carbons (Fsp3) is 0.765. The van der Waals surface area contributed by atoms with Gasteiger partial charge in [-0.1, -0.05) is 6.42 Å². The molecule has 2 bridgehead atoms. The molecule has 1 aromatic rings. The topological polar surface area (TPSA) is 46.9 Å². The Hall–Kier alpha value is -1.53. The summed E-state index contributed by atoms with van der Waals surface area (Å²) in [5.41, 5.74) is -0.493. The molecule has 2 aliphatic carbocycles. The van der Waals surface area contributed by atoms with Crippen LogP contribution in [-0.4, -0.2) is 21.7 Å². The number of nitrogens with zero attached hydrogens (tertiary/aromatic N) is 2. The highest BCUT2D eigenvalue weighted by Crippen LogP contribution is 2.49. The van der Waals surface area contributed by atoms with E-state index in [0.29, 0.717) is 11.6 Å². The summed E-state index contributed by atoms with van der Waals surface area (Å²) in [6, 6.07) is 1.15. The Morgan fingerprint density at radius 1 is 1.42 bits per heavy atom. The summed E-state index contributed by atoms with van der Waals surface area (Å²) in [7, 11) is 0. The van der Waals surface area contributed by atoms with Gasteiger partial charge in [0.05, 0.1) is 0 Å². The molecule has 2 aliphatic rings. The predicted octanol–water partition coefficient (Wildman–Crippen LogP) is 3.54. The van der Waals surface area contributed by atoms with Gasteiger partial charge in [-0.15, -0.1) is 0 Å². The molecule has 0 radical (unpaired) electrons. The Morgan fingerprint density at radius 2 is 2.17 bits per heavy atom. The maximum atomic E-state index is 12.6. The van der Waals surface area contributed by atoms with Gasteiger partial charge in [-0.05, 0) is 56.9 Å². The minimum atomic E-state index is -4.45. The molecule has 2 saturated carbocycles. The molecule has 4 nitrogen and oxygen atoms in total. The summed E-state index contributed by atoms with van der Waals surface area (Å²) in [6.45, 7) is 3.78. The number of fused-ring (bicyclic) bond motifs is 2. The summed E-state index contributed by atoms with van der Waals surface area (Å²) in [5, 5.41) is 6.58. The van der Waals surface area contributed by atoms with E-state index in [9.17, 15) is 18.0 Å². The fourth-order valence-electron chi connectivity index (χ4n) is 4.42. The number of amides is 1. The first-order chi connectivity index (χ1) is 11.2. The summed E-state index contributed by atoms with van der Waals surface area (Å²) >= 11 is 0. The largest absolute Gasteiger partial charge is 0.435 e. The van der Waals surface area contributed by atoms with Crippen LogP contribution < -0.4 is 5.32 Å². The second-order valence-electron chi connectivity index (χ2n) is 7.34. The van der Waals surface area contributed by atoms with Crippen molar-refractivity contribution in [2.24, 2.45) is 17.8 Å². The highest BCUT2D eigenvalue weighted by molar-refractivity contribution is 5.76. The number of nitrogens with one attached hydrogen (secondary N) is 1. The Bertz CT molecular complexity index is 611. The molecule has 1 aromatic heterocycles. The second-order valence-corrected chi connectivity index (χ2v) is 7.34. The van der Waals surface area contributed by atoms with Crippen LogP contribution in [0.5, 0.6) is 0 Å². The van der Waals surface area contributed by atoms with E-state index in [-0.39, 0.29) is 24.9 Å². The van der Waals surface area contributed by atoms with Crippen LogP contribution in [-0.2, 0) is 17.5 Å². The zero-order valence-electron chi connectivity index (χ0n) is 14.1. The first kappa shape index (κ1) is 17.3. The minimum Gasteiger partial charge on any atom is -0.353 e. The van der Waals surface area contributed by atoms with Crippen molar-refractivity contribution in [2.45, 2.75) is 64.7 Å². The third kappa shape index (κ3) is 3.59. The lowest BCUT2D eigenvalue weighted by atomic mass is 9.84. The molecular weight excluding hydrogens is 319 g/mol. The van der Waals surface area contributed by atoms with Crippen LogP contribution >= 0.6 is 0 Å². The zero-order valence-corrected chi connectivity index (χ0v) is 14.1. The highest BCUT2D eigenvalue weighted by atomic mass is 19.4. The van der Waals surface area contributed by atoms with Crippen LogP contribution in [0.2, 0.25) is 0 Å². The first-order valence-corrected chi connectivity index (χ1v) is 8.65. The van der Waals surface area contributed by atoms with Crippen molar-refractivity contribution in [1.29, 1.82) is 0 Å². The molecule has 24 heavy (non-hydrogen) atoms. The smallest absolute Gasteiger partial charge is 0.353 e. The maximum Gasteiger partial charge on any atom is 0.435 e. The van der Waals surface area contributed by atoms with Crippen molar-refractivity contribution in [1.82, 2.24) is 15.1 Å². The number of hydrogen-bond donors (Lipinski definition) is 1. The van der Waals surface area contributed by atoms with Crippen LogP contribution in [0.4, 0.5) is 13.2 Å². The molecule has 7 heteroatoms. The Morgan fingerprint density at radius 3 is 2.71 bits per heavy atom. The summed E-state index contributed by atoms with van der Waals surface area (Å²) in [5.74, 6) is 1.99. The van der Waals surface area contributed by atoms with Crippen molar-refractivity contribution in [3.63, 3.8) is 0 Å². The SMILES string of the molecule is Cc1cc(C(F)(F)F)nn1CCC(=O)NC(C)C1CC2CCC1C2. The standard InChI is InChI=1S/C17H24F3N3O/c1-10-7-15(17(18,19)20)22-23(10)6-5-16(24)21-11(2)14-9-12-3-4-13(14)8-12/h7,11-14H,3-6,8-9H2,1-2H3,(H,21,24). The molecule has 1 N–H and O–H groups in total. The van der Waals surface area contributed by atoms with Crippen LogP contribution in [0.15, 0.2) is 6.07 Å². The quantitative estimate of drug-likeness (QED) is 0.889. The van der Waals surface area contributed by atoms with E-state index in [1.165, 1.54) is 30.4 Å². The van der Waals surface area contributed by atoms with Crippen molar-refractivity contribution >= 4 is 5.91 Å². The number of carbonyl (C=O) groups excluding carboxylic acids is 1. The normalized spacial score (nSPS) is 27.5. The second kappa shape index (κ2) is 6.41. The van der Waals surface area contributed by atoms with Crippen LogP contribution in [0.25, 0.3) is 0 Å². The number of rotatable bonds is 5. The number of halogens is 3. The summed E-state index contributed by atoms with van der Waals surface area (Å²) in [4.78, 5) is 12.1. The number of aromatic nitrogens is 2. The van der Waals surface area contributed by atoms with Gasteiger partial charge in [0.1, 0.15) is 0 Å². The Kier molecular flexibility index (Phi) is 4.62. The monoisotopic (exact) mass is 343 g/mol. The minimum absolute atomic E-state index is 0.117. The van der Waals surface area contributed by atoms with E-state index >= 15 is 0 Å². The van der Waals surface area contributed by atoms with Gasteiger partial charge in [0.15, 0.2) is 5.69 Å². The summed E-state index contributed by atoms with van der Waals surface area (Å²) in [6.07, 6.45) is 0.765. The molecule has 0 aromatic carbocycles. The van der Waals surface area contributed by atoms with Gasteiger partial charge in [0.2, 0.25) is 5.91 Å². The molecule has 2 fully saturated rings. The van der Waals surface area contributed by atoms with E-state index in [2.05, 4.69) is 10.4 Å². The Balaban J connectivity index is 1.50. The molecule has 4 atom stereocenters. The van der Waals surface area contributed by atoms with E-state index in [0.717, 1.165) is 17.9 Å². The van der Waals surface area contributed by atoms with Gasteiger partial charge in [0, 0.05) is 24.7 Å². The molecule has 0 saturated heterocycles. The van der Waals surface area contributed by atoms with E-state index in [4.69, 9.17) is 0 Å².